The molecule has 0 amide bonds. The standard InChI is InChI=1S/C15H22O6/c1-18-5-3-7-20-13-9-12(15(16)17)10-14(11-13)21-8-4-6-19-2/h9-11H,3-8H2,1-2H3,(H,16,17). The summed E-state index contributed by atoms with van der Waals surface area (Å²) in [5.74, 6) is -0.0560. The first-order chi connectivity index (χ1) is 10.2. The SMILES string of the molecule is COCCCOc1cc(OCCCOC)cc(C(=O)O)c1. The second-order valence-electron chi connectivity index (χ2n) is 4.39. The number of aromatic carboxylic acids is 1. The lowest BCUT2D eigenvalue weighted by molar-refractivity contribution is 0.0695. The summed E-state index contributed by atoms with van der Waals surface area (Å²) < 4.78 is 20.9. The van der Waals surface area contributed by atoms with Gasteiger partial charge in [0.05, 0.1) is 18.8 Å². The van der Waals surface area contributed by atoms with Crippen molar-refractivity contribution in [2.24, 2.45) is 0 Å². The quantitative estimate of drug-likeness (QED) is 0.631. The van der Waals surface area contributed by atoms with Gasteiger partial charge in [0.2, 0.25) is 0 Å². The first-order valence-electron chi connectivity index (χ1n) is 6.79. The molecule has 1 N–H and O–H groups in total. The molecule has 0 atom stereocenters. The first kappa shape index (κ1) is 17.3. The van der Waals surface area contributed by atoms with E-state index < -0.39 is 5.97 Å². The van der Waals surface area contributed by atoms with E-state index in [1.165, 1.54) is 12.1 Å². The largest absolute Gasteiger partial charge is 0.493 e. The van der Waals surface area contributed by atoms with Gasteiger partial charge in [-0.05, 0) is 12.1 Å². The lowest BCUT2D eigenvalue weighted by Gasteiger charge is -2.11. The Balaban J connectivity index is 2.63. The molecule has 0 saturated heterocycles. The number of ether oxygens (including phenoxy) is 4. The molecule has 6 heteroatoms. The Morgan fingerprint density at radius 2 is 1.38 bits per heavy atom. The van der Waals surface area contributed by atoms with E-state index in [0.29, 0.717) is 37.9 Å². The summed E-state index contributed by atoms with van der Waals surface area (Å²) in [6.07, 6.45) is 1.47. The summed E-state index contributed by atoms with van der Waals surface area (Å²) in [6.45, 7) is 2.11. The molecule has 0 aliphatic rings. The van der Waals surface area contributed by atoms with Crippen molar-refractivity contribution < 1.29 is 28.8 Å². The van der Waals surface area contributed by atoms with Gasteiger partial charge in [-0.3, -0.25) is 0 Å². The normalized spacial score (nSPS) is 10.4. The molecule has 6 nitrogen and oxygen atoms in total. The molecular weight excluding hydrogens is 276 g/mol. The van der Waals surface area contributed by atoms with Gasteiger partial charge in [0, 0.05) is 46.3 Å². The Labute approximate surface area is 124 Å². The van der Waals surface area contributed by atoms with Crippen molar-refractivity contribution in [2.45, 2.75) is 12.8 Å². The molecule has 1 aromatic rings. The van der Waals surface area contributed by atoms with E-state index in [1.807, 2.05) is 0 Å². The molecule has 0 aliphatic heterocycles. The zero-order valence-corrected chi connectivity index (χ0v) is 12.5. The molecule has 1 rings (SSSR count). The maximum absolute atomic E-state index is 11.1. The highest BCUT2D eigenvalue weighted by molar-refractivity contribution is 5.88. The van der Waals surface area contributed by atoms with Gasteiger partial charge in [-0.15, -0.1) is 0 Å². The van der Waals surface area contributed by atoms with Crippen molar-refractivity contribution in [1.29, 1.82) is 0 Å². The summed E-state index contributed by atoms with van der Waals surface area (Å²) in [4.78, 5) is 11.1. The van der Waals surface area contributed by atoms with Gasteiger partial charge in [-0.2, -0.15) is 0 Å². The predicted molar refractivity (Wildman–Crippen MR) is 77.4 cm³/mol. The topological polar surface area (TPSA) is 74.2 Å². The van der Waals surface area contributed by atoms with Crippen molar-refractivity contribution in [3.8, 4) is 11.5 Å². The Bertz CT molecular complexity index is 402. The van der Waals surface area contributed by atoms with Crippen LogP contribution in [0.5, 0.6) is 11.5 Å². The van der Waals surface area contributed by atoms with E-state index in [0.717, 1.165) is 12.8 Å². The third-order valence-electron chi connectivity index (χ3n) is 2.65. The zero-order chi connectivity index (χ0) is 15.5. The third kappa shape index (κ3) is 6.97. The maximum atomic E-state index is 11.1. The van der Waals surface area contributed by atoms with E-state index in [9.17, 15) is 4.79 Å². The molecule has 1 aromatic carbocycles. The molecule has 0 aliphatic carbocycles. The third-order valence-corrected chi connectivity index (χ3v) is 2.65. The number of rotatable bonds is 11. The van der Waals surface area contributed by atoms with Crippen molar-refractivity contribution in [3.05, 3.63) is 23.8 Å². The van der Waals surface area contributed by atoms with Crippen LogP contribution in [0.15, 0.2) is 18.2 Å². The summed E-state index contributed by atoms with van der Waals surface area (Å²) in [6, 6.07) is 4.65. The molecule has 0 saturated carbocycles. The summed E-state index contributed by atoms with van der Waals surface area (Å²) in [5.41, 5.74) is 0.140. The van der Waals surface area contributed by atoms with E-state index in [2.05, 4.69) is 0 Å². The van der Waals surface area contributed by atoms with Crippen molar-refractivity contribution in [2.75, 3.05) is 40.6 Å². The predicted octanol–water partition coefficient (Wildman–Crippen LogP) is 2.22. The zero-order valence-electron chi connectivity index (χ0n) is 12.5. The Morgan fingerprint density at radius 3 is 1.76 bits per heavy atom. The number of methoxy groups -OCH3 is 2. The highest BCUT2D eigenvalue weighted by Crippen LogP contribution is 2.23. The number of hydrogen-bond acceptors (Lipinski definition) is 5. The van der Waals surface area contributed by atoms with Gasteiger partial charge in [-0.1, -0.05) is 0 Å². The van der Waals surface area contributed by atoms with Crippen LogP contribution >= 0.6 is 0 Å². The fraction of sp³-hybridized carbons (Fsp3) is 0.533. The average molecular weight is 298 g/mol. The van der Waals surface area contributed by atoms with Crippen LogP contribution in [0.1, 0.15) is 23.2 Å². The van der Waals surface area contributed by atoms with E-state index in [-0.39, 0.29) is 5.56 Å². The highest BCUT2D eigenvalue weighted by atomic mass is 16.5. The monoisotopic (exact) mass is 298 g/mol. The van der Waals surface area contributed by atoms with Crippen molar-refractivity contribution in [1.82, 2.24) is 0 Å². The summed E-state index contributed by atoms with van der Waals surface area (Å²) >= 11 is 0. The molecule has 21 heavy (non-hydrogen) atoms. The average Bonchev–Trinajstić information content (AvgIpc) is 2.48. The minimum absolute atomic E-state index is 0.140. The molecule has 0 unspecified atom stereocenters. The van der Waals surface area contributed by atoms with Gasteiger partial charge in [0.15, 0.2) is 0 Å². The lowest BCUT2D eigenvalue weighted by Crippen LogP contribution is -2.05. The first-order valence-corrected chi connectivity index (χ1v) is 6.79. The van der Waals surface area contributed by atoms with Crippen LogP contribution in [0, 0.1) is 0 Å². The number of carbonyl (C=O) groups is 1. The van der Waals surface area contributed by atoms with Gasteiger partial charge in [0.1, 0.15) is 11.5 Å². The molecule has 0 bridgehead atoms. The van der Waals surface area contributed by atoms with Crippen molar-refractivity contribution in [3.63, 3.8) is 0 Å². The van der Waals surface area contributed by atoms with Gasteiger partial charge < -0.3 is 24.1 Å². The minimum Gasteiger partial charge on any atom is -0.493 e. The lowest BCUT2D eigenvalue weighted by atomic mass is 10.2. The Hall–Kier alpha value is -1.79. The van der Waals surface area contributed by atoms with Gasteiger partial charge >= 0.3 is 5.97 Å². The number of carboxylic acid groups (broad SMARTS) is 1. The maximum Gasteiger partial charge on any atom is 0.335 e. The van der Waals surface area contributed by atoms with Crippen LogP contribution in [0.25, 0.3) is 0 Å². The van der Waals surface area contributed by atoms with Crippen molar-refractivity contribution >= 4 is 5.97 Å². The van der Waals surface area contributed by atoms with Gasteiger partial charge in [0.25, 0.3) is 0 Å². The number of carboxylic acids is 1. The molecule has 0 aromatic heterocycles. The van der Waals surface area contributed by atoms with E-state index >= 15 is 0 Å². The fourth-order valence-electron chi connectivity index (χ4n) is 1.65. The van der Waals surface area contributed by atoms with E-state index in [4.69, 9.17) is 24.1 Å². The van der Waals surface area contributed by atoms with Crippen LogP contribution < -0.4 is 9.47 Å². The molecule has 0 heterocycles. The fourth-order valence-corrected chi connectivity index (χ4v) is 1.65. The molecule has 118 valence electrons. The van der Waals surface area contributed by atoms with Crippen LogP contribution in [0.3, 0.4) is 0 Å². The minimum atomic E-state index is -1.01. The van der Waals surface area contributed by atoms with Crippen LogP contribution in [0.2, 0.25) is 0 Å². The smallest absolute Gasteiger partial charge is 0.335 e. The van der Waals surface area contributed by atoms with Crippen LogP contribution in [0.4, 0.5) is 0 Å². The van der Waals surface area contributed by atoms with Crippen LogP contribution in [-0.4, -0.2) is 51.7 Å². The highest BCUT2D eigenvalue weighted by Gasteiger charge is 2.09. The Morgan fingerprint density at radius 1 is 0.905 bits per heavy atom. The summed E-state index contributed by atoms with van der Waals surface area (Å²) in [7, 11) is 3.24. The second kappa shape index (κ2) is 10.0. The molecule has 0 spiro atoms. The number of hydrogen-bond donors (Lipinski definition) is 1. The van der Waals surface area contributed by atoms with Gasteiger partial charge in [-0.25, -0.2) is 4.79 Å². The van der Waals surface area contributed by atoms with E-state index in [1.54, 1.807) is 20.3 Å². The molecular formula is C15H22O6. The second-order valence-corrected chi connectivity index (χ2v) is 4.39. The summed E-state index contributed by atoms with van der Waals surface area (Å²) in [5, 5.41) is 9.10. The molecule has 0 radical (unpaired) electrons. The Kier molecular flexibility index (Phi) is 8.23. The number of benzene rings is 1. The molecule has 0 fully saturated rings. The van der Waals surface area contributed by atoms with Crippen LogP contribution in [-0.2, 0) is 9.47 Å².